The van der Waals surface area contributed by atoms with Gasteiger partial charge in [-0.3, -0.25) is 0 Å². The van der Waals surface area contributed by atoms with Gasteiger partial charge in [0.25, 0.3) is 0 Å². The van der Waals surface area contributed by atoms with Gasteiger partial charge < -0.3 is 10.6 Å². The molecule has 0 radical (unpaired) electrons. The Bertz CT molecular complexity index is 330. The Morgan fingerprint density at radius 3 is 2.56 bits per heavy atom. The van der Waals surface area contributed by atoms with Gasteiger partial charge in [-0.2, -0.15) is 0 Å². The maximum Gasteiger partial charge on any atom is 0.226 e. The van der Waals surface area contributed by atoms with Crippen LogP contribution in [0, 0.1) is 6.92 Å². The van der Waals surface area contributed by atoms with Crippen molar-refractivity contribution in [1.82, 2.24) is 9.97 Å². The van der Waals surface area contributed by atoms with Gasteiger partial charge in [-0.25, -0.2) is 9.97 Å². The van der Waals surface area contributed by atoms with Crippen LogP contribution in [-0.2, 0) is 0 Å². The molecule has 0 spiro atoms. The molecule has 1 aromatic rings. The van der Waals surface area contributed by atoms with Crippen molar-refractivity contribution >= 4 is 30.0 Å². The van der Waals surface area contributed by atoms with Crippen LogP contribution in [-0.4, -0.2) is 29.1 Å². The van der Waals surface area contributed by atoms with E-state index in [1.807, 2.05) is 6.92 Å². The van der Waals surface area contributed by atoms with Gasteiger partial charge >= 0.3 is 0 Å². The van der Waals surface area contributed by atoms with Crippen LogP contribution < -0.4 is 10.6 Å². The van der Waals surface area contributed by atoms with Gasteiger partial charge in [-0.05, 0) is 25.8 Å². The van der Waals surface area contributed by atoms with Crippen molar-refractivity contribution in [3.05, 3.63) is 16.9 Å². The molecule has 0 bridgehead atoms. The zero-order chi connectivity index (χ0) is 10.8. The third-order valence-electron chi connectivity index (χ3n) is 2.63. The lowest BCUT2D eigenvalue weighted by molar-refractivity contribution is 0.495. The van der Waals surface area contributed by atoms with Gasteiger partial charge in [0.1, 0.15) is 5.15 Å². The molecule has 1 aliphatic rings. The highest BCUT2D eigenvalue weighted by atomic mass is 35.5. The van der Waals surface area contributed by atoms with Gasteiger partial charge in [-0.15, -0.1) is 12.4 Å². The number of halogens is 2. The van der Waals surface area contributed by atoms with Crippen molar-refractivity contribution in [1.29, 1.82) is 0 Å². The second-order valence-corrected chi connectivity index (χ2v) is 4.34. The molecular weight excluding hydrogens is 247 g/mol. The number of nitrogens with two attached hydrogens (primary N) is 1. The predicted molar refractivity (Wildman–Crippen MR) is 68.4 cm³/mol. The van der Waals surface area contributed by atoms with E-state index in [9.17, 15) is 0 Å². The summed E-state index contributed by atoms with van der Waals surface area (Å²) < 4.78 is 0. The molecule has 0 saturated carbocycles. The van der Waals surface area contributed by atoms with Gasteiger partial charge in [0.2, 0.25) is 5.95 Å². The molecule has 16 heavy (non-hydrogen) atoms. The summed E-state index contributed by atoms with van der Waals surface area (Å²) in [6.07, 6.45) is 1.99. The molecule has 1 saturated heterocycles. The number of aromatic nitrogens is 2. The molecule has 0 amide bonds. The smallest absolute Gasteiger partial charge is 0.226 e. The molecule has 4 nitrogen and oxygen atoms in total. The number of anilines is 1. The number of hydrogen-bond donors (Lipinski definition) is 1. The summed E-state index contributed by atoms with van der Waals surface area (Å²) in [6.45, 7) is 3.76. The van der Waals surface area contributed by atoms with Crippen molar-refractivity contribution in [3.8, 4) is 0 Å². The van der Waals surface area contributed by atoms with Crippen molar-refractivity contribution in [2.75, 3.05) is 18.0 Å². The summed E-state index contributed by atoms with van der Waals surface area (Å²) in [4.78, 5) is 10.7. The summed E-state index contributed by atoms with van der Waals surface area (Å²) in [6, 6.07) is 2.09. The lowest BCUT2D eigenvalue weighted by Crippen LogP contribution is -2.40. The third kappa shape index (κ3) is 3.20. The van der Waals surface area contributed by atoms with Crippen molar-refractivity contribution in [2.24, 2.45) is 5.73 Å². The zero-order valence-electron chi connectivity index (χ0n) is 9.19. The Kier molecular flexibility index (Phi) is 4.77. The number of piperidine rings is 1. The lowest BCUT2D eigenvalue weighted by Gasteiger charge is -2.30. The van der Waals surface area contributed by atoms with Crippen molar-refractivity contribution < 1.29 is 0 Å². The fraction of sp³-hybridized carbons (Fsp3) is 0.600. The molecule has 0 atom stereocenters. The second-order valence-electron chi connectivity index (χ2n) is 3.96. The highest BCUT2D eigenvalue weighted by molar-refractivity contribution is 6.29. The average Bonchev–Trinajstić information content (AvgIpc) is 2.17. The highest BCUT2D eigenvalue weighted by Gasteiger charge is 2.18. The normalized spacial score (nSPS) is 17.1. The first kappa shape index (κ1) is 13.5. The van der Waals surface area contributed by atoms with E-state index in [2.05, 4.69) is 14.9 Å². The van der Waals surface area contributed by atoms with Crippen molar-refractivity contribution in [3.63, 3.8) is 0 Å². The molecular formula is C10H16Cl2N4. The summed E-state index contributed by atoms with van der Waals surface area (Å²) in [5.74, 6) is 0.729. The van der Waals surface area contributed by atoms with E-state index < -0.39 is 0 Å². The van der Waals surface area contributed by atoms with Crippen LogP contribution in [0.5, 0.6) is 0 Å². The van der Waals surface area contributed by atoms with Crippen molar-refractivity contribution in [2.45, 2.75) is 25.8 Å². The van der Waals surface area contributed by atoms with Crippen LogP contribution in [0.4, 0.5) is 5.95 Å². The fourth-order valence-corrected chi connectivity index (χ4v) is 1.99. The number of rotatable bonds is 1. The van der Waals surface area contributed by atoms with Gasteiger partial charge in [0, 0.05) is 24.8 Å². The van der Waals surface area contributed by atoms with E-state index in [0.717, 1.165) is 37.6 Å². The van der Waals surface area contributed by atoms with E-state index in [-0.39, 0.29) is 12.4 Å². The minimum atomic E-state index is 0. The predicted octanol–water partition coefficient (Wildman–Crippen LogP) is 1.79. The average molecular weight is 263 g/mol. The molecule has 6 heteroatoms. The van der Waals surface area contributed by atoms with E-state index in [1.165, 1.54) is 0 Å². The molecule has 0 unspecified atom stereocenters. The van der Waals surface area contributed by atoms with Crippen LogP contribution in [0.1, 0.15) is 18.5 Å². The quantitative estimate of drug-likeness (QED) is 0.785. The molecule has 0 aromatic carbocycles. The van der Waals surface area contributed by atoms with E-state index in [4.69, 9.17) is 17.3 Å². The molecule has 90 valence electrons. The Morgan fingerprint density at radius 2 is 2.00 bits per heavy atom. The van der Waals surface area contributed by atoms with Gasteiger partial charge in [0.15, 0.2) is 0 Å². The maximum absolute atomic E-state index is 5.90. The van der Waals surface area contributed by atoms with Crippen LogP contribution in [0.2, 0.25) is 5.15 Å². The van der Waals surface area contributed by atoms with Gasteiger partial charge in [-0.1, -0.05) is 11.6 Å². The van der Waals surface area contributed by atoms with Crippen LogP contribution in [0.25, 0.3) is 0 Å². The fourth-order valence-electron chi connectivity index (χ4n) is 1.76. The second kappa shape index (κ2) is 5.66. The minimum absolute atomic E-state index is 0. The Morgan fingerprint density at radius 1 is 1.38 bits per heavy atom. The highest BCUT2D eigenvalue weighted by Crippen LogP contribution is 2.17. The molecule has 1 fully saturated rings. The van der Waals surface area contributed by atoms with E-state index >= 15 is 0 Å². The lowest BCUT2D eigenvalue weighted by atomic mass is 10.1. The van der Waals surface area contributed by atoms with Crippen LogP contribution in [0.15, 0.2) is 6.07 Å². The zero-order valence-corrected chi connectivity index (χ0v) is 10.8. The number of aryl methyl sites for hydroxylation is 1. The molecule has 2 rings (SSSR count). The molecule has 2 N–H and O–H groups in total. The first-order valence-electron chi connectivity index (χ1n) is 5.17. The summed E-state index contributed by atoms with van der Waals surface area (Å²) in [5, 5.41) is 0.507. The van der Waals surface area contributed by atoms with Crippen LogP contribution in [0.3, 0.4) is 0 Å². The minimum Gasteiger partial charge on any atom is -0.341 e. The number of hydrogen-bond acceptors (Lipinski definition) is 4. The molecule has 1 aliphatic heterocycles. The van der Waals surface area contributed by atoms with Crippen LogP contribution >= 0.6 is 24.0 Å². The molecule has 0 aliphatic carbocycles. The molecule has 2 heterocycles. The SMILES string of the molecule is Cc1cc(Cl)nc(N2CCC(N)CC2)n1.Cl. The Balaban J connectivity index is 0.00000128. The topological polar surface area (TPSA) is 55.0 Å². The summed E-state index contributed by atoms with van der Waals surface area (Å²) in [7, 11) is 0. The summed E-state index contributed by atoms with van der Waals surface area (Å²) in [5.41, 5.74) is 6.74. The molecule has 1 aromatic heterocycles. The first-order valence-corrected chi connectivity index (χ1v) is 5.54. The first-order chi connectivity index (χ1) is 7.15. The summed E-state index contributed by atoms with van der Waals surface area (Å²) >= 11 is 5.90. The van der Waals surface area contributed by atoms with Gasteiger partial charge in [0.05, 0.1) is 0 Å². The monoisotopic (exact) mass is 262 g/mol. The standard InChI is InChI=1S/C10H15ClN4.ClH/c1-7-6-9(11)14-10(13-7)15-4-2-8(12)3-5-15;/h6,8H,2-5,12H2,1H3;1H. The third-order valence-corrected chi connectivity index (χ3v) is 2.83. The maximum atomic E-state index is 5.90. The Labute approximate surface area is 107 Å². The number of nitrogens with zero attached hydrogens (tertiary/aromatic N) is 3. The largest absolute Gasteiger partial charge is 0.341 e. The van der Waals surface area contributed by atoms with E-state index in [1.54, 1.807) is 6.07 Å². The Hall–Kier alpha value is -0.580. The van der Waals surface area contributed by atoms with E-state index in [0.29, 0.717) is 11.2 Å².